The SMILES string of the molecule is O=C1COC(=O)/C1=C(/O)C1CCCCC1. The number of carbonyl (C=O) groups excluding carboxylic acids is 2. The number of esters is 1. The van der Waals surface area contributed by atoms with E-state index >= 15 is 0 Å². The summed E-state index contributed by atoms with van der Waals surface area (Å²) in [6.45, 7) is -0.217. The number of hydrogen-bond acceptors (Lipinski definition) is 4. The van der Waals surface area contributed by atoms with Crippen LogP contribution in [-0.2, 0) is 14.3 Å². The number of cyclic esters (lactones) is 1. The van der Waals surface area contributed by atoms with Crippen LogP contribution in [0.2, 0.25) is 0 Å². The lowest BCUT2D eigenvalue weighted by Crippen LogP contribution is -2.15. The monoisotopic (exact) mass is 210 g/mol. The predicted octanol–water partition coefficient (Wildman–Crippen LogP) is 1.50. The second kappa shape index (κ2) is 4.04. The Morgan fingerprint density at radius 1 is 1.20 bits per heavy atom. The summed E-state index contributed by atoms with van der Waals surface area (Å²) < 4.78 is 4.58. The lowest BCUT2D eigenvalue weighted by Gasteiger charge is -2.21. The molecule has 0 spiro atoms. The number of allylic oxidation sites excluding steroid dienone is 1. The zero-order valence-electron chi connectivity index (χ0n) is 8.49. The fourth-order valence-electron chi connectivity index (χ4n) is 2.22. The van der Waals surface area contributed by atoms with Gasteiger partial charge in [-0.2, -0.15) is 0 Å². The van der Waals surface area contributed by atoms with Crippen LogP contribution in [0.1, 0.15) is 32.1 Å². The quantitative estimate of drug-likeness (QED) is 0.308. The van der Waals surface area contributed by atoms with Crippen molar-refractivity contribution in [1.82, 2.24) is 0 Å². The first-order valence-electron chi connectivity index (χ1n) is 5.33. The molecule has 82 valence electrons. The largest absolute Gasteiger partial charge is 0.511 e. The molecule has 0 radical (unpaired) electrons. The Labute approximate surface area is 87.9 Å². The highest BCUT2D eigenvalue weighted by Gasteiger charge is 2.34. The zero-order chi connectivity index (χ0) is 10.8. The fourth-order valence-corrected chi connectivity index (χ4v) is 2.22. The van der Waals surface area contributed by atoms with E-state index in [-0.39, 0.29) is 29.6 Å². The number of Topliss-reactive ketones (excluding diaryl/α,β-unsaturated/α-hetero) is 1. The van der Waals surface area contributed by atoms with E-state index in [0.29, 0.717) is 0 Å². The molecule has 0 atom stereocenters. The highest BCUT2D eigenvalue weighted by Crippen LogP contribution is 2.31. The Kier molecular flexibility index (Phi) is 2.75. The number of hydrogen-bond donors (Lipinski definition) is 1. The van der Waals surface area contributed by atoms with E-state index in [9.17, 15) is 14.7 Å². The average Bonchev–Trinajstić information content (AvgIpc) is 2.59. The highest BCUT2D eigenvalue weighted by atomic mass is 16.5. The molecular formula is C11H14O4. The first kappa shape index (κ1) is 10.2. The van der Waals surface area contributed by atoms with Crippen molar-refractivity contribution in [3.8, 4) is 0 Å². The maximum Gasteiger partial charge on any atom is 0.345 e. The van der Waals surface area contributed by atoms with Gasteiger partial charge in [0, 0.05) is 5.92 Å². The normalized spacial score (nSPS) is 26.7. The minimum absolute atomic E-state index is 0.0247. The summed E-state index contributed by atoms with van der Waals surface area (Å²) in [6, 6.07) is 0. The van der Waals surface area contributed by atoms with Gasteiger partial charge in [0.25, 0.3) is 0 Å². The maximum atomic E-state index is 11.3. The first-order valence-corrected chi connectivity index (χ1v) is 5.33. The lowest BCUT2D eigenvalue weighted by molar-refractivity contribution is -0.135. The number of rotatable bonds is 1. The molecule has 4 heteroatoms. The van der Waals surface area contributed by atoms with Crippen molar-refractivity contribution in [3.05, 3.63) is 11.3 Å². The molecule has 15 heavy (non-hydrogen) atoms. The van der Waals surface area contributed by atoms with Crippen LogP contribution in [0, 0.1) is 5.92 Å². The second-order valence-electron chi connectivity index (χ2n) is 4.09. The van der Waals surface area contributed by atoms with Gasteiger partial charge in [0.15, 0.2) is 6.61 Å². The zero-order valence-corrected chi connectivity index (χ0v) is 8.49. The van der Waals surface area contributed by atoms with Crippen LogP contribution in [0.5, 0.6) is 0 Å². The number of ether oxygens (including phenoxy) is 1. The van der Waals surface area contributed by atoms with E-state index in [1.807, 2.05) is 0 Å². The van der Waals surface area contributed by atoms with Crippen molar-refractivity contribution >= 4 is 11.8 Å². The molecule has 0 aromatic carbocycles. The van der Waals surface area contributed by atoms with Gasteiger partial charge in [-0.25, -0.2) is 4.79 Å². The van der Waals surface area contributed by atoms with Crippen LogP contribution < -0.4 is 0 Å². The van der Waals surface area contributed by atoms with Crippen molar-refractivity contribution in [2.24, 2.45) is 5.92 Å². The van der Waals surface area contributed by atoms with Crippen LogP contribution in [-0.4, -0.2) is 23.5 Å². The van der Waals surface area contributed by atoms with Crippen molar-refractivity contribution in [3.63, 3.8) is 0 Å². The molecule has 0 bridgehead atoms. The van der Waals surface area contributed by atoms with Crippen molar-refractivity contribution in [2.75, 3.05) is 6.61 Å². The average molecular weight is 210 g/mol. The molecule has 1 N–H and O–H groups in total. The Bertz CT molecular complexity index is 305. The molecule has 0 aromatic heterocycles. The minimum atomic E-state index is -0.664. The molecule has 1 heterocycles. The molecule has 0 aromatic rings. The summed E-state index contributed by atoms with van der Waals surface area (Å²) in [5.74, 6) is -1.11. The molecule has 0 unspecified atom stereocenters. The van der Waals surface area contributed by atoms with E-state index in [1.165, 1.54) is 0 Å². The summed E-state index contributed by atoms with van der Waals surface area (Å²) in [6.07, 6.45) is 4.97. The van der Waals surface area contributed by atoms with Crippen molar-refractivity contribution in [1.29, 1.82) is 0 Å². The van der Waals surface area contributed by atoms with E-state index in [4.69, 9.17) is 0 Å². The van der Waals surface area contributed by atoms with E-state index in [1.54, 1.807) is 0 Å². The van der Waals surface area contributed by atoms with Crippen LogP contribution in [0.15, 0.2) is 11.3 Å². The van der Waals surface area contributed by atoms with Crippen molar-refractivity contribution < 1.29 is 19.4 Å². The van der Waals surface area contributed by atoms with Gasteiger partial charge in [0.2, 0.25) is 5.78 Å². The highest BCUT2D eigenvalue weighted by molar-refractivity contribution is 6.22. The summed E-state index contributed by atoms with van der Waals surface area (Å²) >= 11 is 0. The third-order valence-electron chi connectivity index (χ3n) is 3.07. The lowest BCUT2D eigenvalue weighted by atomic mass is 9.86. The molecule has 1 saturated heterocycles. The molecule has 1 aliphatic carbocycles. The first-order chi connectivity index (χ1) is 7.20. The van der Waals surface area contributed by atoms with E-state index in [0.717, 1.165) is 32.1 Å². The Morgan fingerprint density at radius 2 is 1.87 bits per heavy atom. The third kappa shape index (κ3) is 1.89. The van der Waals surface area contributed by atoms with Gasteiger partial charge in [-0.1, -0.05) is 19.3 Å². The molecule has 2 aliphatic rings. The van der Waals surface area contributed by atoms with Crippen LogP contribution in [0.3, 0.4) is 0 Å². The topological polar surface area (TPSA) is 63.6 Å². The summed E-state index contributed by atoms with van der Waals surface area (Å²) in [5.41, 5.74) is -0.109. The van der Waals surface area contributed by atoms with Gasteiger partial charge in [0.05, 0.1) is 0 Å². The minimum Gasteiger partial charge on any atom is -0.511 e. The molecular weight excluding hydrogens is 196 g/mol. The molecule has 4 nitrogen and oxygen atoms in total. The van der Waals surface area contributed by atoms with E-state index < -0.39 is 5.97 Å². The smallest absolute Gasteiger partial charge is 0.345 e. The standard InChI is InChI=1S/C11H14O4/c12-8-6-15-11(14)9(8)10(13)7-4-2-1-3-5-7/h7,13H,1-6H2/b10-9+. The van der Waals surface area contributed by atoms with Crippen LogP contribution in [0.25, 0.3) is 0 Å². The van der Waals surface area contributed by atoms with Crippen molar-refractivity contribution in [2.45, 2.75) is 32.1 Å². The van der Waals surface area contributed by atoms with Gasteiger partial charge in [-0.15, -0.1) is 0 Å². The molecule has 1 saturated carbocycles. The van der Waals surface area contributed by atoms with E-state index in [2.05, 4.69) is 4.74 Å². The van der Waals surface area contributed by atoms with Gasteiger partial charge in [-0.05, 0) is 12.8 Å². The Hall–Kier alpha value is -1.32. The second-order valence-corrected chi connectivity index (χ2v) is 4.09. The number of carbonyl (C=O) groups is 2. The Morgan fingerprint density at radius 3 is 2.40 bits per heavy atom. The van der Waals surface area contributed by atoms with Crippen LogP contribution in [0.4, 0.5) is 0 Å². The third-order valence-corrected chi connectivity index (χ3v) is 3.07. The molecule has 1 aliphatic heterocycles. The van der Waals surface area contributed by atoms with Gasteiger partial charge in [-0.3, -0.25) is 4.79 Å². The summed E-state index contributed by atoms with van der Waals surface area (Å²) in [4.78, 5) is 22.5. The number of aliphatic hydroxyl groups excluding tert-OH is 1. The molecule has 2 fully saturated rings. The van der Waals surface area contributed by atoms with Crippen LogP contribution >= 0.6 is 0 Å². The number of aliphatic hydroxyl groups is 1. The number of ketones is 1. The predicted molar refractivity (Wildman–Crippen MR) is 52.2 cm³/mol. The summed E-state index contributed by atoms with van der Waals surface area (Å²) in [5, 5.41) is 9.87. The fraction of sp³-hybridized carbons (Fsp3) is 0.636. The van der Waals surface area contributed by atoms with Gasteiger partial charge in [0.1, 0.15) is 11.3 Å². The Balaban J connectivity index is 2.22. The van der Waals surface area contributed by atoms with Gasteiger partial charge < -0.3 is 9.84 Å². The van der Waals surface area contributed by atoms with Gasteiger partial charge >= 0.3 is 5.97 Å². The summed E-state index contributed by atoms with van der Waals surface area (Å²) in [7, 11) is 0. The molecule has 2 rings (SSSR count). The maximum absolute atomic E-state index is 11.3. The molecule has 0 amide bonds.